The largest absolute Gasteiger partial charge is 0.479 e. The van der Waals surface area contributed by atoms with Gasteiger partial charge in [-0.05, 0) is 41.8 Å². The molecule has 0 heterocycles. The van der Waals surface area contributed by atoms with Crippen molar-refractivity contribution >= 4 is 46.7 Å². The third kappa shape index (κ3) is 6.11. The summed E-state index contributed by atoms with van der Waals surface area (Å²) in [5, 5.41) is 10.5. The molecule has 0 spiro atoms. The first kappa shape index (κ1) is 22.5. The van der Waals surface area contributed by atoms with E-state index in [4.69, 9.17) is 49.4 Å². The van der Waals surface area contributed by atoms with Crippen LogP contribution in [0.15, 0.2) is 36.4 Å². The number of methoxy groups -OCH3 is 1. The Hall–Kier alpha value is -1.79. The van der Waals surface area contributed by atoms with Crippen molar-refractivity contribution in [2.45, 2.75) is 25.9 Å². The van der Waals surface area contributed by atoms with Crippen molar-refractivity contribution in [2.75, 3.05) is 7.11 Å². The van der Waals surface area contributed by atoms with Gasteiger partial charge in [0.1, 0.15) is 5.75 Å². The number of hydrogen-bond donors (Lipinski definition) is 1. The minimum absolute atomic E-state index is 0.0103. The quantitative estimate of drug-likeness (QED) is 0.443. The number of halogens is 3. The molecule has 0 unspecified atom stereocenters. The van der Waals surface area contributed by atoms with Gasteiger partial charge in [-0.15, -0.1) is 0 Å². The summed E-state index contributed by atoms with van der Waals surface area (Å²) < 4.78 is 10.4. The number of carboxylic acid groups (broad SMARTS) is 1. The predicted molar refractivity (Wildman–Crippen MR) is 109 cm³/mol. The summed E-state index contributed by atoms with van der Waals surface area (Å²) in [6.45, 7) is 1.58. The van der Waals surface area contributed by atoms with Crippen LogP contribution in [0.5, 0.6) is 5.75 Å². The molecule has 0 bridgehead atoms. The van der Waals surface area contributed by atoms with Crippen LogP contribution in [0.4, 0.5) is 0 Å². The van der Waals surface area contributed by atoms with Crippen LogP contribution in [-0.4, -0.2) is 30.3 Å². The highest BCUT2D eigenvalue weighted by atomic mass is 35.5. The summed E-state index contributed by atoms with van der Waals surface area (Å²) in [4.78, 5) is 23.5. The predicted octanol–water partition coefficient (Wildman–Crippen LogP) is 5.27. The molecule has 0 saturated heterocycles. The molecule has 0 saturated carbocycles. The SMILES string of the molecule is CO[C@H](C[C@H](C)C(=O)Oc1cc(Cl)ccc1Cc1ccc(Cl)cc1Cl)C(=O)O. The number of esters is 1. The Kier molecular flexibility index (Phi) is 8.13. The number of carboxylic acids is 1. The number of ether oxygens (including phenoxy) is 2. The lowest BCUT2D eigenvalue weighted by Crippen LogP contribution is -2.29. The summed E-state index contributed by atoms with van der Waals surface area (Å²) in [6.07, 6.45) is -0.696. The van der Waals surface area contributed by atoms with Gasteiger partial charge in [-0.3, -0.25) is 4.79 Å². The summed E-state index contributed by atoms with van der Waals surface area (Å²) in [6, 6.07) is 10.1. The number of benzene rings is 2. The summed E-state index contributed by atoms with van der Waals surface area (Å²) >= 11 is 18.2. The van der Waals surface area contributed by atoms with E-state index in [9.17, 15) is 9.59 Å². The van der Waals surface area contributed by atoms with E-state index in [-0.39, 0.29) is 6.42 Å². The monoisotopic (exact) mass is 444 g/mol. The van der Waals surface area contributed by atoms with Gasteiger partial charge in [0, 0.05) is 28.6 Å². The van der Waals surface area contributed by atoms with Crippen molar-refractivity contribution in [1.82, 2.24) is 0 Å². The van der Waals surface area contributed by atoms with Crippen LogP contribution in [0.2, 0.25) is 15.1 Å². The van der Waals surface area contributed by atoms with Crippen molar-refractivity contribution in [1.29, 1.82) is 0 Å². The van der Waals surface area contributed by atoms with Gasteiger partial charge in [0.25, 0.3) is 0 Å². The van der Waals surface area contributed by atoms with E-state index in [1.54, 1.807) is 37.3 Å². The maximum Gasteiger partial charge on any atom is 0.332 e. The van der Waals surface area contributed by atoms with Crippen molar-refractivity contribution in [3.8, 4) is 5.75 Å². The molecule has 5 nitrogen and oxygen atoms in total. The van der Waals surface area contributed by atoms with E-state index in [1.807, 2.05) is 0 Å². The van der Waals surface area contributed by atoms with Crippen molar-refractivity contribution in [3.63, 3.8) is 0 Å². The second-order valence-electron chi connectivity index (χ2n) is 6.28. The Balaban J connectivity index is 2.19. The van der Waals surface area contributed by atoms with Gasteiger partial charge >= 0.3 is 11.9 Å². The zero-order valence-electron chi connectivity index (χ0n) is 15.2. The smallest absolute Gasteiger partial charge is 0.332 e. The molecule has 8 heteroatoms. The Labute approximate surface area is 178 Å². The normalized spacial score (nSPS) is 13.0. The maximum atomic E-state index is 12.5. The molecular formula is C20H19Cl3O5. The first-order valence-electron chi connectivity index (χ1n) is 8.41. The number of rotatable bonds is 8. The Morgan fingerprint density at radius 2 is 1.64 bits per heavy atom. The minimum Gasteiger partial charge on any atom is -0.479 e. The lowest BCUT2D eigenvalue weighted by atomic mass is 10.0. The summed E-state index contributed by atoms with van der Waals surface area (Å²) in [5.74, 6) is -2.11. The average Bonchev–Trinajstić information content (AvgIpc) is 2.63. The fourth-order valence-electron chi connectivity index (χ4n) is 2.56. The summed E-state index contributed by atoms with van der Waals surface area (Å²) in [7, 11) is 1.28. The second-order valence-corrected chi connectivity index (χ2v) is 7.57. The van der Waals surface area contributed by atoms with Gasteiger partial charge in [-0.25, -0.2) is 4.79 Å². The highest BCUT2D eigenvalue weighted by Gasteiger charge is 2.26. The van der Waals surface area contributed by atoms with Crippen LogP contribution in [0.25, 0.3) is 0 Å². The second kappa shape index (κ2) is 10.1. The highest BCUT2D eigenvalue weighted by molar-refractivity contribution is 6.35. The number of carbonyl (C=O) groups is 2. The molecule has 28 heavy (non-hydrogen) atoms. The van der Waals surface area contributed by atoms with Crippen molar-refractivity contribution < 1.29 is 24.2 Å². The van der Waals surface area contributed by atoms with Gasteiger partial charge in [0.05, 0.1) is 5.92 Å². The molecule has 0 aliphatic heterocycles. The third-order valence-electron chi connectivity index (χ3n) is 4.17. The topological polar surface area (TPSA) is 72.8 Å². The van der Waals surface area contributed by atoms with Crippen LogP contribution in [0.3, 0.4) is 0 Å². The van der Waals surface area contributed by atoms with Gasteiger partial charge < -0.3 is 14.6 Å². The molecule has 150 valence electrons. The Morgan fingerprint density at radius 3 is 2.21 bits per heavy atom. The lowest BCUT2D eigenvalue weighted by Gasteiger charge is -2.17. The van der Waals surface area contributed by atoms with E-state index in [2.05, 4.69) is 0 Å². The molecule has 2 aromatic rings. The molecular weight excluding hydrogens is 427 g/mol. The molecule has 2 atom stereocenters. The van der Waals surface area contributed by atoms with Gasteiger partial charge in [-0.1, -0.05) is 53.9 Å². The minimum atomic E-state index is -1.14. The van der Waals surface area contributed by atoms with E-state index in [0.717, 1.165) is 5.56 Å². The molecule has 0 aliphatic carbocycles. The first-order valence-corrected chi connectivity index (χ1v) is 9.54. The molecule has 0 radical (unpaired) electrons. The third-order valence-corrected chi connectivity index (χ3v) is 4.99. The van der Waals surface area contributed by atoms with Crippen molar-refractivity contribution in [2.24, 2.45) is 5.92 Å². The van der Waals surface area contributed by atoms with Crippen molar-refractivity contribution in [3.05, 3.63) is 62.6 Å². The number of aliphatic carboxylic acids is 1. The van der Waals surface area contributed by atoms with E-state index >= 15 is 0 Å². The molecule has 1 N–H and O–H groups in total. The van der Waals surface area contributed by atoms with Crippen LogP contribution in [-0.2, 0) is 20.7 Å². The van der Waals surface area contributed by atoms with E-state index in [1.165, 1.54) is 13.2 Å². The molecule has 0 aromatic heterocycles. The van der Waals surface area contributed by atoms with Crippen LogP contribution in [0.1, 0.15) is 24.5 Å². The Bertz CT molecular complexity index is 869. The highest BCUT2D eigenvalue weighted by Crippen LogP contribution is 2.30. The van der Waals surface area contributed by atoms with E-state index in [0.29, 0.717) is 32.8 Å². The lowest BCUT2D eigenvalue weighted by molar-refractivity contribution is -0.151. The number of carbonyl (C=O) groups excluding carboxylic acids is 1. The zero-order valence-corrected chi connectivity index (χ0v) is 17.5. The van der Waals surface area contributed by atoms with E-state index < -0.39 is 24.0 Å². The van der Waals surface area contributed by atoms with Gasteiger partial charge in [0.2, 0.25) is 0 Å². The van der Waals surface area contributed by atoms with Crippen LogP contribution >= 0.6 is 34.8 Å². The molecule has 2 aromatic carbocycles. The Morgan fingerprint density at radius 1 is 1.04 bits per heavy atom. The van der Waals surface area contributed by atoms with Crippen LogP contribution < -0.4 is 4.74 Å². The first-order chi connectivity index (χ1) is 13.2. The fraction of sp³-hybridized carbons (Fsp3) is 0.300. The fourth-order valence-corrected chi connectivity index (χ4v) is 3.20. The van der Waals surface area contributed by atoms with Gasteiger partial charge in [0.15, 0.2) is 6.10 Å². The standard InChI is InChI=1S/C20H19Cl3O5/c1-11(7-18(27-2)19(24)25)20(26)28-17-10-15(22)6-4-13(17)8-12-3-5-14(21)9-16(12)23/h3-6,9-11,18H,7-8H2,1-2H3,(H,24,25)/t11-,18+/m0/s1. The maximum absolute atomic E-state index is 12.5. The molecule has 0 aliphatic rings. The molecule has 0 amide bonds. The zero-order chi connectivity index (χ0) is 20.8. The van der Waals surface area contributed by atoms with Crippen LogP contribution in [0, 0.1) is 5.92 Å². The average molecular weight is 446 g/mol. The summed E-state index contributed by atoms with van der Waals surface area (Å²) in [5.41, 5.74) is 1.51. The van der Waals surface area contributed by atoms with Gasteiger partial charge in [-0.2, -0.15) is 0 Å². The number of hydrogen-bond acceptors (Lipinski definition) is 4. The molecule has 2 rings (SSSR count). The molecule has 0 fully saturated rings.